The molecular weight excluding hydrogens is 300 g/mol. The summed E-state index contributed by atoms with van der Waals surface area (Å²) in [5, 5.41) is 11.7. The highest BCUT2D eigenvalue weighted by molar-refractivity contribution is 5.75. The maximum absolute atomic E-state index is 4.74. The number of rotatable bonds is 7. The second kappa shape index (κ2) is 7.38. The third-order valence-electron chi connectivity index (χ3n) is 4.19. The summed E-state index contributed by atoms with van der Waals surface area (Å²) in [5.74, 6) is 1.68. The Hall–Kier alpha value is -2.50. The van der Waals surface area contributed by atoms with Gasteiger partial charge in [0.1, 0.15) is 5.82 Å². The van der Waals surface area contributed by atoms with Crippen LogP contribution in [-0.2, 0) is 25.8 Å². The number of fused-ring (bicyclic) bond motifs is 1. The van der Waals surface area contributed by atoms with Gasteiger partial charge in [-0.05, 0) is 31.9 Å². The molecular formula is C18H24N6. The molecule has 0 spiro atoms. The van der Waals surface area contributed by atoms with Crippen LogP contribution in [0.25, 0.3) is 11.0 Å². The molecule has 2 heterocycles. The maximum atomic E-state index is 4.74. The molecule has 24 heavy (non-hydrogen) atoms. The van der Waals surface area contributed by atoms with Gasteiger partial charge in [0.15, 0.2) is 0 Å². The minimum Gasteiger partial charge on any atom is -0.352 e. The molecule has 0 aliphatic heterocycles. The van der Waals surface area contributed by atoms with Gasteiger partial charge >= 0.3 is 0 Å². The van der Waals surface area contributed by atoms with E-state index >= 15 is 0 Å². The number of nitrogens with one attached hydrogen (secondary N) is 1. The second-order valence-corrected chi connectivity index (χ2v) is 5.67. The Labute approximate surface area is 142 Å². The highest BCUT2D eigenvalue weighted by atomic mass is 15.2. The average Bonchev–Trinajstić information content (AvgIpc) is 2.98. The Morgan fingerprint density at radius 2 is 1.75 bits per heavy atom. The van der Waals surface area contributed by atoms with E-state index in [2.05, 4.69) is 64.0 Å². The van der Waals surface area contributed by atoms with Crippen LogP contribution in [0, 0.1) is 0 Å². The summed E-state index contributed by atoms with van der Waals surface area (Å²) < 4.78 is 2.26. The fraction of sp³-hybridized carbons (Fsp3) is 0.444. The van der Waals surface area contributed by atoms with Crippen LogP contribution in [-0.4, -0.2) is 31.3 Å². The summed E-state index contributed by atoms with van der Waals surface area (Å²) in [6.45, 7) is 7.97. The maximum Gasteiger partial charge on any atom is 0.242 e. The first-order valence-electron chi connectivity index (χ1n) is 8.67. The first-order valence-corrected chi connectivity index (χ1v) is 8.67. The van der Waals surface area contributed by atoms with Gasteiger partial charge in [-0.3, -0.25) is 0 Å². The Kier molecular flexibility index (Phi) is 5.03. The van der Waals surface area contributed by atoms with Crippen molar-refractivity contribution in [1.82, 2.24) is 24.7 Å². The van der Waals surface area contributed by atoms with Gasteiger partial charge in [-0.15, -0.1) is 5.10 Å². The number of hydrogen-bond donors (Lipinski definition) is 1. The van der Waals surface area contributed by atoms with E-state index in [1.54, 1.807) is 0 Å². The van der Waals surface area contributed by atoms with Crippen molar-refractivity contribution in [3.63, 3.8) is 0 Å². The van der Waals surface area contributed by atoms with Crippen molar-refractivity contribution in [1.29, 1.82) is 0 Å². The first-order chi connectivity index (χ1) is 11.8. The normalized spacial score (nSPS) is 11.1. The zero-order valence-corrected chi connectivity index (χ0v) is 14.6. The molecule has 0 fully saturated rings. The third-order valence-corrected chi connectivity index (χ3v) is 4.19. The van der Waals surface area contributed by atoms with Crippen molar-refractivity contribution >= 4 is 17.0 Å². The van der Waals surface area contributed by atoms with E-state index in [-0.39, 0.29) is 0 Å². The molecule has 3 aromatic rings. The molecule has 0 aliphatic rings. The van der Waals surface area contributed by atoms with E-state index in [0.29, 0.717) is 5.95 Å². The predicted octanol–water partition coefficient (Wildman–Crippen LogP) is 3.02. The minimum atomic E-state index is 0.600. The van der Waals surface area contributed by atoms with Gasteiger partial charge < -0.3 is 9.88 Å². The van der Waals surface area contributed by atoms with E-state index in [0.717, 1.165) is 55.1 Å². The number of aryl methyl sites for hydroxylation is 3. The minimum absolute atomic E-state index is 0.600. The van der Waals surface area contributed by atoms with E-state index in [9.17, 15) is 0 Å². The summed E-state index contributed by atoms with van der Waals surface area (Å²) in [6, 6.07) is 8.26. The van der Waals surface area contributed by atoms with Crippen LogP contribution in [0.1, 0.15) is 38.0 Å². The lowest BCUT2D eigenvalue weighted by molar-refractivity contribution is 0.714. The Morgan fingerprint density at radius 1 is 0.958 bits per heavy atom. The molecule has 0 atom stereocenters. The van der Waals surface area contributed by atoms with Gasteiger partial charge in [0.2, 0.25) is 5.95 Å². The first kappa shape index (κ1) is 16.4. The average molecular weight is 324 g/mol. The van der Waals surface area contributed by atoms with Gasteiger partial charge in [-0.1, -0.05) is 26.0 Å². The van der Waals surface area contributed by atoms with Crippen LogP contribution in [0.5, 0.6) is 0 Å². The van der Waals surface area contributed by atoms with Crippen LogP contribution >= 0.6 is 0 Å². The van der Waals surface area contributed by atoms with E-state index in [1.807, 2.05) is 6.07 Å². The third kappa shape index (κ3) is 3.22. The van der Waals surface area contributed by atoms with Gasteiger partial charge in [0.25, 0.3) is 0 Å². The fourth-order valence-electron chi connectivity index (χ4n) is 2.97. The molecule has 0 saturated heterocycles. The van der Waals surface area contributed by atoms with Crippen LogP contribution in [0.3, 0.4) is 0 Å². The van der Waals surface area contributed by atoms with Crippen molar-refractivity contribution in [3.05, 3.63) is 41.5 Å². The zero-order valence-electron chi connectivity index (χ0n) is 14.6. The van der Waals surface area contributed by atoms with Crippen molar-refractivity contribution in [2.24, 2.45) is 0 Å². The summed E-state index contributed by atoms with van der Waals surface area (Å²) in [6.07, 6.45) is 2.56. The fourth-order valence-corrected chi connectivity index (χ4v) is 2.97. The molecule has 0 aliphatic carbocycles. The SMILES string of the molecule is CCc1nnc(NCCc2nc3ccccc3n2CC)nc1CC. The van der Waals surface area contributed by atoms with Crippen LogP contribution in [0.15, 0.2) is 24.3 Å². The molecule has 1 N–H and O–H groups in total. The van der Waals surface area contributed by atoms with E-state index < -0.39 is 0 Å². The van der Waals surface area contributed by atoms with Gasteiger partial charge in [0, 0.05) is 19.5 Å². The predicted molar refractivity (Wildman–Crippen MR) is 96.2 cm³/mol. The highest BCUT2D eigenvalue weighted by Gasteiger charge is 2.10. The summed E-state index contributed by atoms with van der Waals surface area (Å²) >= 11 is 0. The van der Waals surface area contributed by atoms with Gasteiger partial charge in [-0.25, -0.2) is 9.97 Å². The highest BCUT2D eigenvalue weighted by Crippen LogP contribution is 2.16. The lowest BCUT2D eigenvalue weighted by atomic mass is 10.2. The number of para-hydroxylation sites is 2. The number of hydrogen-bond acceptors (Lipinski definition) is 5. The van der Waals surface area contributed by atoms with Crippen molar-refractivity contribution in [3.8, 4) is 0 Å². The summed E-state index contributed by atoms with van der Waals surface area (Å²) in [5.41, 5.74) is 4.24. The molecule has 1 aromatic carbocycles. The van der Waals surface area contributed by atoms with Crippen molar-refractivity contribution in [2.75, 3.05) is 11.9 Å². The molecule has 3 rings (SSSR count). The lowest BCUT2D eigenvalue weighted by Crippen LogP contribution is -2.14. The van der Waals surface area contributed by atoms with Crippen molar-refractivity contribution in [2.45, 2.75) is 46.6 Å². The molecule has 0 radical (unpaired) electrons. The monoisotopic (exact) mass is 324 g/mol. The van der Waals surface area contributed by atoms with E-state index in [4.69, 9.17) is 4.98 Å². The molecule has 6 heteroatoms. The molecule has 0 bridgehead atoms. The quantitative estimate of drug-likeness (QED) is 0.723. The van der Waals surface area contributed by atoms with Crippen LogP contribution in [0.2, 0.25) is 0 Å². The summed E-state index contributed by atoms with van der Waals surface area (Å²) in [4.78, 5) is 9.31. The number of nitrogens with zero attached hydrogens (tertiary/aromatic N) is 5. The topological polar surface area (TPSA) is 68.5 Å². The standard InChI is InChI=1S/C18H24N6/c1-4-13-14(5-2)22-23-18(21-13)19-12-11-17-20-15-9-7-8-10-16(15)24(17)6-3/h7-10H,4-6,11-12H2,1-3H3,(H,19,21,23). The smallest absolute Gasteiger partial charge is 0.242 e. The number of benzene rings is 1. The Balaban J connectivity index is 1.70. The van der Waals surface area contributed by atoms with Crippen LogP contribution in [0.4, 0.5) is 5.95 Å². The molecule has 6 nitrogen and oxygen atoms in total. The molecule has 0 unspecified atom stereocenters. The zero-order chi connectivity index (χ0) is 16.9. The number of imidazole rings is 1. The molecule has 0 saturated carbocycles. The van der Waals surface area contributed by atoms with Crippen LogP contribution < -0.4 is 5.32 Å². The van der Waals surface area contributed by atoms with Gasteiger partial charge in [-0.2, -0.15) is 5.10 Å². The molecule has 126 valence electrons. The second-order valence-electron chi connectivity index (χ2n) is 5.67. The Bertz CT molecular complexity index is 823. The van der Waals surface area contributed by atoms with Crippen molar-refractivity contribution < 1.29 is 0 Å². The molecule has 2 aromatic heterocycles. The Morgan fingerprint density at radius 3 is 2.50 bits per heavy atom. The van der Waals surface area contributed by atoms with Gasteiger partial charge in [0.05, 0.1) is 22.4 Å². The lowest BCUT2D eigenvalue weighted by Gasteiger charge is -2.09. The largest absolute Gasteiger partial charge is 0.352 e. The van der Waals surface area contributed by atoms with E-state index in [1.165, 1.54) is 5.52 Å². The number of anilines is 1. The molecule has 0 amide bonds. The summed E-state index contributed by atoms with van der Waals surface area (Å²) in [7, 11) is 0. The number of aromatic nitrogens is 5.